The van der Waals surface area contributed by atoms with Gasteiger partial charge in [0.05, 0.1) is 5.75 Å². The number of anilines is 2. The number of carboxylic acid groups (broad SMARTS) is 1. The van der Waals surface area contributed by atoms with Crippen LogP contribution in [0.25, 0.3) is 0 Å². The fourth-order valence-corrected chi connectivity index (χ4v) is 2.67. The molecule has 0 atom stereocenters. The minimum Gasteiger partial charge on any atom is -0.478 e. The van der Waals surface area contributed by atoms with Crippen molar-refractivity contribution in [2.75, 3.05) is 16.4 Å². The number of carbonyl (C=O) groups excluding carboxylic acids is 2. The first kappa shape index (κ1) is 19.6. The fraction of sp³-hybridized carbons (Fsp3) is 0.0556. The summed E-state index contributed by atoms with van der Waals surface area (Å²) in [5, 5.41) is 14.4. The summed E-state index contributed by atoms with van der Waals surface area (Å²) in [7, 11) is 0. The molecule has 0 aliphatic heterocycles. The molecule has 0 aromatic heterocycles. The second-order valence-corrected chi connectivity index (χ2v) is 6.51. The van der Waals surface area contributed by atoms with E-state index in [9.17, 15) is 14.4 Å². The van der Waals surface area contributed by atoms with E-state index in [1.54, 1.807) is 48.5 Å². The van der Waals surface area contributed by atoms with Gasteiger partial charge in [0.2, 0.25) is 11.8 Å². The van der Waals surface area contributed by atoms with Crippen LogP contribution >= 0.6 is 23.4 Å². The Labute approximate surface area is 159 Å². The topological polar surface area (TPSA) is 95.5 Å². The Bertz CT molecular complexity index is 820. The first-order valence-corrected chi connectivity index (χ1v) is 8.79. The largest absolute Gasteiger partial charge is 0.478 e. The number of thioether (sulfide) groups is 1. The maximum Gasteiger partial charge on any atom is 0.328 e. The van der Waals surface area contributed by atoms with E-state index in [0.717, 1.165) is 17.0 Å². The number of aliphatic carboxylic acids is 1. The lowest BCUT2D eigenvalue weighted by Crippen LogP contribution is -2.13. The van der Waals surface area contributed by atoms with E-state index in [1.807, 2.05) is 0 Å². The molecule has 2 aromatic carbocycles. The highest BCUT2D eigenvalue weighted by atomic mass is 35.5. The molecular formula is C18H15ClN2O4S. The second-order valence-electron chi connectivity index (χ2n) is 5.03. The third-order valence-corrected chi connectivity index (χ3v) is 4.26. The standard InChI is InChI=1S/C18H15ClN2O4S/c19-12-1-3-13(4-2-12)21-17(23)11-26-15-7-5-14(6-8-15)20-16(22)9-10-18(24)25/h1-10H,11H2,(H,20,22)(H,21,23)(H,24,25)/b10-9+. The summed E-state index contributed by atoms with van der Waals surface area (Å²) in [6, 6.07) is 13.7. The van der Waals surface area contributed by atoms with Crippen molar-refractivity contribution in [2.45, 2.75) is 4.90 Å². The van der Waals surface area contributed by atoms with Crippen molar-refractivity contribution in [3.05, 3.63) is 65.7 Å². The summed E-state index contributed by atoms with van der Waals surface area (Å²) in [6.45, 7) is 0. The van der Waals surface area contributed by atoms with Gasteiger partial charge in [-0.05, 0) is 48.5 Å². The molecule has 0 fully saturated rings. The van der Waals surface area contributed by atoms with Gasteiger partial charge in [-0.1, -0.05) is 11.6 Å². The van der Waals surface area contributed by atoms with Crippen molar-refractivity contribution in [3.63, 3.8) is 0 Å². The van der Waals surface area contributed by atoms with E-state index in [-0.39, 0.29) is 11.7 Å². The maximum atomic E-state index is 11.9. The van der Waals surface area contributed by atoms with E-state index in [2.05, 4.69) is 10.6 Å². The van der Waals surface area contributed by atoms with Gasteiger partial charge in [-0.3, -0.25) is 9.59 Å². The molecule has 0 aliphatic carbocycles. The Morgan fingerprint density at radius 2 is 1.50 bits per heavy atom. The van der Waals surface area contributed by atoms with Crippen LogP contribution in [0.1, 0.15) is 0 Å². The molecular weight excluding hydrogens is 376 g/mol. The number of halogens is 1. The minimum absolute atomic E-state index is 0.145. The molecule has 0 aliphatic rings. The molecule has 0 unspecified atom stereocenters. The van der Waals surface area contributed by atoms with E-state index < -0.39 is 11.9 Å². The molecule has 0 saturated heterocycles. The van der Waals surface area contributed by atoms with Gasteiger partial charge in [0.25, 0.3) is 0 Å². The van der Waals surface area contributed by atoms with Gasteiger partial charge in [0.1, 0.15) is 0 Å². The zero-order valence-corrected chi connectivity index (χ0v) is 15.0. The van der Waals surface area contributed by atoms with Crippen molar-refractivity contribution < 1.29 is 19.5 Å². The van der Waals surface area contributed by atoms with Gasteiger partial charge in [-0.2, -0.15) is 0 Å². The molecule has 0 spiro atoms. The van der Waals surface area contributed by atoms with Crippen LogP contribution in [0.5, 0.6) is 0 Å². The number of carbonyl (C=O) groups is 3. The summed E-state index contributed by atoms with van der Waals surface area (Å²) in [6.07, 6.45) is 1.70. The van der Waals surface area contributed by atoms with Crippen LogP contribution in [0.15, 0.2) is 65.6 Å². The quantitative estimate of drug-likeness (QED) is 0.495. The van der Waals surface area contributed by atoms with Crippen molar-refractivity contribution in [3.8, 4) is 0 Å². The highest BCUT2D eigenvalue weighted by molar-refractivity contribution is 8.00. The monoisotopic (exact) mass is 390 g/mol. The van der Waals surface area contributed by atoms with Crippen LogP contribution in [0.4, 0.5) is 11.4 Å². The van der Waals surface area contributed by atoms with Gasteiger partial charge in [0.15, 0.2) is 0 Å². The summed E-state index contributed by atoms with van der Waals surface area (Å²) >= 11 is 7.14. The number of rotatable bonds is 7. The molecule has 2 rings (SSSR count). The predicted octanol–water partition coefficient (Wildman–Crippen LogP) is 3.65. The zero-order valence-electron chi connectivity index (χ0n) is 13.4. The fourth-order valence-electron chi connectivity index (χ4n) is 1.84. The van der Waals surface area contributed by atoms with Gasteiger partial charge in [0, 0.05) is 33.4 Å². The lowest BCUT2D eigenvalue weighted by Gasteiger charge is -2.06. The van der Waals surface area contributed by atoms with Crippen LogP contribution in [0.3, 0.4) is 0 Å². The molecule has 26 heavy (non-hydrogen) atoms. The number of nitrogens with one attached hydrogen (secondary N) is 2. The van der Waals surface area contributed by atoms with Gasteiger partial charge >= 0.3 is 5.97 Å². The summed E-state index contributed by atoms with van der Waals surface area (Å²) in [5.74, 6) is -1.64. The Kier molecular flexibility index (Phi) is 7.25. The van der Waals surface area contributed by atoms with E-state index in [4.69, 9.17) is 16.7 Å². The summed E-state index contributed by atoms with van der Waals surface area (Å²) in [5.41, 5.74) is 1.20. The zero-order chi connectivity index (χ0) is 18.9. The Morgan fingerprint density at radius 1 is 0.923 bits per heavy atom. The smallest absolute Gasteiger partial charge is 0.328 e. The lowest BCUT2D eigenvalue weighted by atomic mass is 10.3. The first-order chi connectivity index (χ1) is 12.4. The molecule has 2 aromatic rings. The lowest BCUT2D eigenvalue weighted by molar-refractivity contribution is -0.131. The number of carboxylic acids is 1. The predicted molar refractivity (Wildman–Crippen MR) is 103 cm³/mol. The highest BCUT2D eigenvalue weighted by Crippen LogP contribution is 2.21. The second kappa shape index (κ2) is 9.65. The SMILES string of the molecule is O=C(O)/C=C/C(=O)Nc1ccc(SCC(=O)Nc2ccc(Cl)cc2)cc1. The van der Waals surface area contributed by atoms with Gasteiger partial charge < -0.3 is 15.7 Å². The molecule has 0 saturated carbocycles. The number of hydrogen-bond acceptors (Lipinski definition) is 4. The van der Waals surface area contributed by atoms with E-state index in [0.29, 0.717) is 16.4 Å². The normalized spacial score (nSPS) is 10.5. The third kappa shape index (κ3) is 7.00. The van der Waals surface area contributed by atoms with Crippen molar-refractivity contribution in [1.29, 1.82) is 0 Å². The Balaban J connectivity index is 1.81. The van der Waals surface area contributed by atoms with Crippen LogP contribution in [0.2, 0.25) is 5.02 Å². The van der Waals surface area contributed by atoms with Crippen molar-refractivity contribution >= 4 is 52.5 Å². The van der Waals surface area contributed by atoms with Gasteiger partial charge in [-0.15, -0.1) is 11.8 Å². The minimum atomic E-state index is -1.19. The molecule has 0 bridgehead atoms. The highest BCUT2D eigenvalue weighted by Gasteiger charge is 2.05. The summed E-state index contributed by atoms with van der Waals surface area (Å²) in [4.78, 5) is 34.6. The van der Waals surface area contributed by atoms with E-state index in [1.165, 1.54) is 11.8 Å². The molecule has 0 radical (unpaired) electrons. The molecule has 0 heterocycles. The van der Waals surface area contributed by atoms with E-state index >= 15 is 0 Å². The van der Waals surface area contributed by atoms with Crippen LogP contribution in [0, 0.1) is 0 Å². The number of benzene rings is 2. The average Bonchev–Trinajstić information content (AvgIpc) is 2.61. The molecule has 134 valence electrons. The Hall–Kier alpha value is -2.77. The molecule has 6 nitrogen and oxygen atoms in total. The van der Waals surface area contributed by atoms with Crippen LogP contribution in [-0.4, -0.2) is 28.6 Å². The number of amides is 2. The van der Waals surface area contributed by atoms with Crippen molar-refractivity contribution in [2.24, 2.45) is 0 Å². The Morgan fingerprint density at radius 3 is 2.12 bits per heavy atom. The van der Waals surface area contributed by atoms with Crippen molar-refractivity contribution in [1.82, 2.24) is 0 Å². The van der Waals surface area contributed by atoms with Crippen LogP contribution in [-0.2, 0) is 14.4 Å². The molecule has 2 amide bonds. The van der Waals surface area contributed by atoms with Crippen LogP contribution < -0.4 is 10.6 Å². The number of hydrogen-bond donors (Lipinski definition) is 3. The maximum absolute atomic E-state index is 11.9. The third-order valence-electron chi connectivity index (χ3n) is 3.00. The summed E-state index contributed by atoms with van der Waals surface area (Å²) < 4.78 is 0. The molecule has 8 heteroatoms. The molecule has 3 N–H and O–H groups in total. The average molecular weight is 391 g/mol. The van der Waals surface area contributed by atoms with Gasteiger partial charge in [-0.25, -0.2) is 4.79 Å². The first-order valence-electron chi connectivity index (χ1n) is 7.42.